The average Bonchev–Trinajstić information content (AvgIpc) is 3.11. The van der Waals surface area contributed by atoms with Gasteiger partial charge in [-0.15, -0.1) is 10.2 Å². The lowest BCUT2D eigenvalue weighted by Gasteiger charge is -2.43. The Labute approximate surface area is 148 Å². The van der Waals surface area contributed by atoms with Crippen molar-refractivity contribution in [2.24, 2.45) is 5.92 Å². The fourth-order valence-corrected chi connectivity index (χ4v) is 4.72. The molecule has 7 heteroatoms. The van der Waals surface area contributed by atoms with Gasteiger partial charge in [0, 0.05) is 45.3 Å². The number of carbonyl (C=O) groups excluding carboxylic acids is 1. The number of rotatable bonds is 4. The zero-order valence-corrected chi connectivity index (χ0v) is 14.9. The van der Waals surface area contributed by atoms with Crippen LogP contribution in [0.2, 0.25) is 0 Å². The largest absolute Gasteiger partial charge is 0.347 e. The third kappa shape index (κ3) is 3.08. The first-order valence-corrected chi connectivity index (χ1v) is 9.98. The van der Waals surface area contributed by atoms with Crippen LogP contribution in [0.4, 0.5) is 0 Å². The number of fused-ring (bicyclic) bond motifs is 3. The highest BCUT2D eigenvalue weighted by Crippen LogP contribution is 2.33. The van der Waals surface area contributed by atoms with Crippen molar-refractivity contribution in [3.8, 4) is 0 Å². The van der Waals surface area contributed by atoms with E-state index in [1.165, 1.54) is 32.2 Å². The van der Waals surface area contributed by atoms with Gasteiger partial charge in [0.05, 0.1) is 6.04 Å². The summed E-state index contributed by atoms with van der Waals surface area (Å²) in [7, 11) is 0. The molecule has 2 aliphatic heterocycles. The first kappa shape index (κ1) is 15.8. The van der Waals surface area contributed by atoms with E-state index in [1.807, 2.05) is 0 Å². The van der Waals surface area contributed by atoms with Crippen LogP contribution < -0.4 is 5.32 Å². The highest BCUT2D eigenvalue weighted by Gasteiger charge is 2.38. The van der Waals surface area contributed by atoms with Crippen molar-refractivity contribution < 1.29 is 4.79 Å². The summed E-state index contributed by atoms with van der Waals surface area (Å²) in [5.74, 6) is 2.38. The molecule has 3 fully saturated rings. The molecule has 1 N–H and O–H groups in total. The van der Waals surface area contributed by atoms with Crippen LogP contribution in [0, 0.1) is 5.92 Å². The second kappa shape index (κ2) is 6.36. The number of piperazine rings is 1. The van der Waals surface area contributed by atoms with Crippen molar-refractivity contribution in [1.29, 1.82) is 0 Å². The van der Waals surface area contributed by atoms with E-state index in [0.29, 0.717) is 17.9 Å². The van der Waals surface area contributed by atoms with E-state index < -0.39 is 0 Å². The molecule has 0 radical (unpaired) electrons. The lowest BCUT2D eigenvalue weighted by Crippen LogP contribution is -2.52. The Morgan fingerprint density at radius 2 is 1.84 bits per heavy atom. The topological polar surface area (TPSA) is 66.3 Å². The molecule has 136 valence electrons. The van der Waals surface area contributed by atoms with E-state index in [2.05, 4.69) is 29.9 Å². The van der Waals surface area contributed by atoms with Crippen LogP contribution in [-0.4, -0.2) is 69.2 Å². The predicted molar refractivity (Wildman–Crippen MR) is 93.2 cm³/mol. The third-order valence-electron chi connectivity index (χ3n) is 6.37. The standard InChI is InChI=1S/C18H28N6O/c25-18(19-14-3-1-2-4-14)17-21-20-16-15-12-22(11-13-5-6-13)7-8-23(15)9-10-24(16)17/h13-15H,1-12H2,(H,19,25). The van der Waals surface area contributed by atoms with Gasteiger partial charge in [0.1, 0.15) is 0 Å². The molecule has 25 heavy (non-hydrogen) atoms. The Bertz CT molecular complexity index is 648. The zero-order chi connectivity index (χ0) is 16.8. The van der Waals surface area contributed by atoms with E-state index in [0.717, 1.165) is 57.3 Å². The van der Waals surface area contributed by atoms with E-state index in [1.54, 1.807) is 0 Å². The molecule has 5 rings (SSSR count). The van der Waals surface area contributed by atoms with Crippen molar-refractivity contribution in [2.45, 2.75) is 57.2 Å². The number of hydrogen-bond donors (Lipinski definition) is 1. The second-order valence-corrected chi connectivity index (χ2v) is 8.24. The summed E-state index contributed by atoms with van der Waals surface area (Å²) in [6.45, 7) is 6.35. The monoisotopic (exact) mass is 344 g/mol. The highest BCUT2D eigenvalue weighted by atomic mass is 16.2. The fourth-order valence-electron chi connectivity index (χ4n) is 4.72. The summed E-state index contributed by atoms with van der Waals surface area (Å²) in [6.07, 6.45) is 7.42. The van der Waals surface area contributed by atoms with Crippen molar-refractivity contribution in [2.75, 3.05) is 32.7 Å². The molecular weight excluding hydrogens is 316 g/mol. The molecule has 0 aromatic carbocycles. The summed E-state index contributed by atoms with van der Waals surface area (Å²) in [5, 5.41) is 11.9. The summed E-state index contributed by atoms with van der Waals surface area (Å²) in [6, 6.07) is 0.617. The first-order valence-electron chi connectivity index (χ1n) is 9.98. The predicted octanol–water partition coefficient (Wildman–Crippen LogP) is 1.03. The minimum Gasteiger partial charge on any atom is -0.347 e. The summed E-state index contributed by atoms with van der Waals surface area (Å²) in [4.78, 5) is 17.8. The highest BCUT2D eigenvalue weighted by molar-refractivity contribution is 5.91. The Morgan fingerprint density at radius 1 is 1.04 bits per heavy atom. The molecule has 1 unspecified atom stereocenters. The Hall–Kier alpha value is -1.47. The fraction of sp³-hybridized carbons (Fsp3) is 0.833. The van der Waals surface area contributed by atoms with Crippen LogP contribution in [-0.2, 0) is 6.54 Å². The van der Waals surface area contributed by atoms with Gasteiger partial charge in [0.25, 0.3) is 5.91 Å². The van der Waals surface area contributed by atoms with Crippen molar-refractivity contribution in [1.82, 2.24) is 29.9 Å². The summed E-state index contributed by atoms with van der Waals surface area (Å²) >= 11 is 0. The SMILES string of the molecule is O=C(NC1CCCC1)c1nnc2n1CCN1CCN(CC3CC3)CC21. The van der Waals surface area contributed by atoms with Crippen molar-refractivity contribution in [3.05, 3.63) is 11.6 Å². The van der Waals surface area contributed by atoms with Gasteiger partial charge < -0.3 is 9.88 Å². The normalized spacial score (nSPS) is 27.9. The maximum atomic E-state index is 12.7. The third-order valence-corrected chi connectivity index (χ3v) is 6.37. The average molecular weight is 344 g/mol. The smallest absolute Gasteiger partial charge is 0.289 e. The van der Waals surface area contributed by atoms with Gasteiger partial charge in [-0.05, 0) is 31.6 Å². The van der Waals surface area contributed by atoms with Gasteiger partial charge in [-0.3, -0.25) is 14.6 Å². The number of amides is 1. The van der Waals surface area contributed by atoms with Crippen molar-refractivity contribution in [3.63, 3.8) is 0 Å². The lowest BCUT2D eigenvalue weighted by molar-refractivity contribution is 0.0474. The van der Waals surface area contributed by atoms with Crippen LogP contribution in [0.5, 0.6) is 0 Å². The Morgan fingerprint density at radius 3 is 2.64 bits per heavy atom. The lowest BCUT2D eigenvalue weighted by atomic mass is 10.1. The number of hydrogen-bond acceptors (Lipinski definition) is 5. The number of nitrogens with one attached hydrogen (secondary N) is 1. The summed E-state index contributed by atoms with van der Waals surface area (Å²) in [5.41, 5.74) is 0. The van der Waals surface area contributed by atoms with Gasteiger partial charge in [0.15, 0.2) is 5.82 Å². The van der Waals surface area contributed by atoms with E-state index in [9.17, 15) is 4.79 Å². The molecule has 0 bridgehead atoms. The molecule has 0 spiro atoms. The van der Waals surface area contributed by atoms with Crippen LogP contribution in [0.3, 0.4) is 0 Å². The van der Waals surface area contributed by atoms with E-state index in [4.69, 9.17) is 0 Å². The van der Waals surface area contributed by atoms with Gasteiger partial charge >= 0.3 is 0 Å². The second-order valence-electron chi connectivity index (χ2n) is 8.24. The molecule has 2 aliphatic carbocycles. The quantitative estimate of drug-likeness (QED) is 0.884. The molecule has 1 saturated heterocycles. The summed E-state index contributed by atoms with van der Waals surface area (Å²) < 4.78 is 2.08. The van der Waals surface area contributed by atoms with Crippen LogP contribution in [0.25, 0.3) is 0 Å². The molecule has 3 heterocycles. The Balaban J connectivity index is 1.32. The molecule has 1 amide bonds. The van der Waals surface area contributed by atoms with Crippen molar-refractivity contribution >= 4 is 5.91 Å². The zero-order valence-electron chi connectivity index (χ0n) is 14.9. The minimum atomic E-state index is -0.0373. The Kier molecular flexibility index (Phi) is 4.01. The number of carbonyl (C=O) groups is 1. The van der Waals surface area contributed by atoms with Gasteiger partial charge in [0.2, 0.25) is 5.82 Å². The van der Waals surface area contributed by atoms with Gasteiger partial charge in [-0.25, -0.2) is 0 Å². The van der Waals surface area contributed by atoms with E-state index >= 15 is 0 Å². The minimum absolute atomic E-state index is 0.0373. The number of aromatic nitrogens is 3. The number of nitrogens with zero attached hydrogens (tertiary/aromatic N) is 5. The van der Waals surface area contributed by atoms with E-state index in [-0.39, 0.29) is 5.91 Å². The first-order chi connectivity index (χ1) is 12.3. The molecule has 1 aromatic rings. The van der Waals surface area contributed by atoms with Crippen LogP contribution >= 0.6 is 0 Å². The maximum absolute atomic E-state index is 12.7. The molecule has 2 saturated carbocycles. The maximum Gasteiger partial charge on any atom is 0.289 e. The van der Waals surface area contributed by atoms with Gasteiger partial charge in [-0.1, -0.05) is 12.8 Å². The van der Waals surface area contributed by atoms with Gasteiger partial charge in [-0.2, -0.15) is 0 Å². The molecule has 4 aliphatic rings. The molecular formula is C18H28N6O. The van der Waals surface area contributed by atoms with Crippen LogP contribution in [0.1, 0.15) is 61.0 Å². The molecule has 1 atom stereocenters. The molecule has 7 nitrogen and oxygen atoms in total. The molecule has 1 aromatic heterocycles. The van der Waals surface area contributed by atoms with Crippen LogP contribution in [0.15, 0.2) is 0 Å².